The zero-order chi connectivity index (χ0) is 14.9. The molecule has 0 atom stereocenters. The fourth-order valence-electron chi connectivity index (χ4n) is 3.89. The molecular formula is C16H30N2O2. The Hall–Kier alpha value is -0.770. The van der Waals surface area contributed by atoms with Crippen molar-refractivity contribution in [2.24, 2.45) is 5.73 Å². The van der Waals surface area contributed by atoms with Crippen molar-refractivity contribution in [3.8, 4) is 0 Å². The van der Waals surface area contributed by atoms with E-state index in [0.717, 1.165) is 38.5 Å². The minimum atomic E-state index is -0.461. The number of ether oxygens (including phenoxy) is 1. The first-order valence-electron chi connectivity index (χ1n) is 8.07. The molecular weight excluding hydrogens is 252 g/mol. The maximum Gasteiger partial charge on any atom is 0.408 e. The summed E-state index contributed by atoms with van der Waals surface area (Å²) in [5.41, 5.74) is 5.74. The quantitative estimate of drug-likeness (QED) is 0.815. The summed E-state index contributed by atoms with van der Waals surface area (Å²) in [6.07, 6.45) is 9.59. The SMILES string of the molecule is CC(C)(C)OC(=O)NC1(C2(N)CCCC2)CCCCC1. The van der Waals surface area contributed by atoms with Crippen LogP contribution in [0.25, 0.3) is 0 Å². The highest BCUT2D eigenvalue weighted by Gasteiger charge is 2.51. The number of rotatable bonds is 2. The van der Waals surface area contributed by atoms with Crippen molar-refractivity contribution in [3.63, 3.8) is 0 Å². The van der Waals surface area contributed by atoms with Crippen LogP contribution in [0.1, 0.15) is 78.6 Å². The molecule has 0 aromatic rings. The molecule has 0 radical (unpaired) electrons. The van der Waals surface area contributed by atoms with Gasteiger partial charge in [-0.3, -0.25) is 0 Å². The average Bonchev–Trinajstić information content (AvgIpc) is 2.76. The van der Waals surface area contributed by atoms with Gasteiger partial charge < -0.3 is 15.8 Å². The zero-order valence-electron chi connectivity index (χ0n) is 13.3. The second-order valence-corrected chi connectivity index (χ2v) is 7.63. The van der Waals surface area contributed by atoms with Gasteiger partial charge in [0.1, 0.15) is 5.60 Å². The van der Waals surface area contributed by atoms with E-state index in [1.54, 1.807) is 0 Å². The Bertz CT molecular complexity index is 348. The van der Waals surface area contributed by atoms with Gasteiger partial charge in [-0.05, 0) is 46.5 Å². The van der Waals surface area contributed by atoms with E-state index in [2.05, 4.69) is 5.32 Å². The van der Waals surface area contributed by atoms with Gasteiger partial charge in [0.25, 0.3) is 0 Å². The Balaban J connectivity index is 2.13. The number of hydrogen-bond donors (Lipinski definition) is 2. The average molecular weight is 282 g/mol. The van der Waals surface area contributed by atoms with Crippen LogP contribution in [0.2, 0.25) is 0 Å². The van der Waals surface area contributed by atoms with Crippen LogP contribution in [0, 0.1) is 0 Å². The molecule has 3 N–H and O–H groups in total. The molecule has 0 aromatic carbocycles. The van der Waals surface area contributed by atoms with Crippen LogP contribution in [-0.2, 0) is 4.74 Å². The minimum absolute atomic E-state index is 0.246. The first-order chi connectivity index (χ1) is 9.27. The Morgan fingerprint density at radius 1 is 1.00 bits per heavy atom. The third kappa shape index (κ3) is 3.27. The Morgan fingerprint density at radius 2 is 1.50 bits per heavy atom. The van der Waals surface area contributed by atoms with E-state index >= 15 is 0 Å². The van der Waals surface area contributed by atoms with Gasteiger partial charge in [-0.25, -0.2) is 4.79 Å². The van der Waals surface area contributed by atoms with Gasteiger partial charge in [0, 0.05) is 5.54 Å². The van der Waals surface area contributed by atoms with Crippen molar-refractivity contribution in [1.29, 1.82) is 0 Å². The molecule has 0 saturated heterocycles. The monoisotopic (exact) mass is 282 g/mol. The van der Waals surface area contributed by atoms with Gasteiger partial charge >= 0.3 is 6.09 Å². The fraction of sp³-hybridized carbons (Fsp3) is 0.938. The van der Waals surface area contributed by atoms with Crippen LogP contribution >= 0.6 is 0 Å². The van der Waals surface area contributed by atoms with E-state index in [-0.39, 0.29) is 17.2 Å². The number of hydrogen-bond acceptors (Lipinski definition) is 3. The van der Waals surface area contributed by atoms with Crippen molar-refractivity contribution in [1.82, 2.24) is 5.32 Å². The first kappa shape index (κ1) is 15.6. The third-order valence-corrected chi connectivity index (χ3v) is 4.90. The molecule has 0 aromatic heterocycles. The number of nitrogens with one attached hydrogen (secondary N) is 1. The lowest BCUT2D eigenvalue weighted by Gasteiger charge is -2.49. The zero-order valence-corrected chi connectivity index (χ0v) is 13.3. The summed E-state index contributed by atoms with van der Waals surface area (Å²) in [5.74, 6) is 0. The van der Waals surface area contributed by atoms with Crippen LogP contribution < -0.4 is 11.1 Å². The number of alkyl carbamates (subject to hydrolysis) is 1. The van der Waals surface area contributed by atoms with Crippen LogP contribution in [-0.4, -0.2) is 22.8 Å². The standard InChI is InChI=1S/C16H30N2O2/c1-14(2,3)20-13(19)18-16(11-5-4-6-12-16)15(17)9-7-8-10-15/h4-12,17H2,1-3H3,(H,18,19). The van der Waals surface area contributed by atoms with Crippen LogP contribution in [0.5, 0.6) is 0 Å². The molecule has 2 aliphatic carbocycles. The molecule has 0 unspecified atom stereocenters. The Labute approximate surface area is 122 Å². The van der Waals surface area contributed by atoms with Gasteiger partial charge in [0.2, 0.25) is 0 Å². The molecule has 2 fully saturated rings. The molecule has 0 bridgehead atoms. The second kappa shape index (κ2) is 5.55. The summed E-state index contributed by atoms with van der Waals surface area (Å²) in [4.78, 5) is 12.2. The molecule has 1 amide bonds. The van der Waals surface area contributed by atoms with Crippen LogP contribution in [0.3, 0.4) is 0 Å². The van der Waals surface area contributed by atoms with Gasteiger partial charge in [-0.15, -0.1) is 0 Å². The summed E-state index contributed by atoms with van der Waals surface area (Å²) < 4.78 is 5.46. The summed E-state index contributed by atoms with van der Waals surface area (Å²) >= 11 is 0. The van der Waals surface area contributed by atoms with Crippen molar-refractivity contribution in [3.05, 3.63) is 0 Å². The van der Waals surface area contributed by atoms with E-state index in [9.17, 15) is 4.79 Å². The predicted octanol–water partition coefficient (Wildman–Crippen LogP) is 3.49. The van der Waals surface area contributed by atoms with E-state index in [4.69, 9.17) is 10.5 Å². The number of carbonyl (C=O) groups excluding carboxylic acids is 1. The molecule has 0 aliphatic heterocycles. The maximum atomic E-state index is 12.2. The highest BCUT2D eigenvalue weighted by Crippen LogP contribution is 2.44. The predicted molar refractivity (Wildman–Crippen MR) is 80.6 cm³/mol. The van der Waals surface area contributed by atoms with Crippen molar-refractivity contribution in [2.45, 2.75) is 95.2 Å². The van der Waals surface area contributed by atoms with Crippen LogP contribution in [0.4, 0.5) is 4.79 Å². The summed E-state index contributed by atoms with van der Waals surface area (Å²) in [7, 11) is 0. The highest BCUT2D eigenvalue weighted by molar-refractivity contribution is 5.69. The summed E-state index contributed by atoms with van der Waals surface area (Å²) in [6, 6.07) is 0. The number of nitrogens with two attached hydrogens (primary N) is 1. The lowest BCUT2D eigenvalue weighted by molar-refractivity contribution is 0.0311. The smallest absolute Gasteiger partial charge is 0.408 e. The second-order valence-electron chi connectivity index (χ2n) is 7.63. The van der Waals surface area contributed by atoms with E-state index in [1.165, 1.54) is 19.3 Å². The molecule has 0 spiro atoms. The molecule has 2 saturated carbocycles. The summed E-state index contributed by atoms with van der Waals surface area (Å²) in [5, 5.41) is 3.19. The van der Waals surface area contributed by atoms with Gasteiger partial charge in [-0.1, -0.05) is 32.1 Å². The normalized spacial score (nSPS) is 25.2. The number of carbonyl (C=O) groups is 1. The maximum absolute atomic E-state index is 12.2. The molecule has 116 valence electrons. The number of amides is 1. The topological polar surface area (TPSA) is 64.3 Å². The largest absolute Gasteiger partial charge is 0.444 e. The van der Waals surface area contributed by atoms with Crippen molar-refractivity contribution >= 4 is 6.09 Å². The molecule has 2 rings (SSSR count). The molecule has 4 heteroatoms. The fourth-order valence-corrected chi connectivity index (χ4v) is 3.89. The van der Waals surface area contributed by atoms with Gasteiger partial charge in [-0.2, -0.15) is 0 Å². The van der Waals surface area contributed by atoms with Gasteiger partial charge in [0.15, 0.2) is 0 Å². The summed E-state index contributed by atoms with van der Waals surface area (Å²) in [6.45, 7) is 5.69. The van der Waals surface area contributed by atoms with Crippen molar-refractivity contribution in [2.75, 3.05) is 0 Å². The minimum Gasteiger partial charge on any atom is -0.444 e. The van der Waals surface area contributed by atoms with E-state index in [1.807, 2.05) is 20.8 Å². The molecule has 2 aliphatic rings. The lowest BCUT2D eigenvalue weighted by atomic mass is 9.67. The third-order valence-electron chi connectivity index (χ3n) is 4.90. The highest BCUT2D eigenvalue weighted by atomic mass is 16.6. The molecule has 20 heavy (non-hydrogen) atoms. The first-order valence-corrected chi connectivity index (χ1v) is 8.07. The molecule has 4 nitrogen and oxygen atoms in total. The van der Waals surface area contributed by atoms with Crippen molar-refractivity contribution < 1.29 is 9.53 Å². The lowest BCUT2D eigenvalue weighted by Crippen LogP contribution is -2.68. The molecule has 0 heterocycles. The van der Waals surface area contributed by atoms with Gasteiger partial charge in [0.05, 0.1) is 5.54 Å². The van der Waals surface area contributed by atoms with E-state index in [0.29, 0.717) is 0 Å². The Kier molecular flexibility index (Phi) is 4.33. The Morgan fingerprint density at radius 3 is 2.00 bits per heavy atom. The van der Waals surface area contributed by atoms with E-state index < -0.39 is 5.60 Å². The van der Waals surface area contributed by atoms with Crippen LogP contribution in [0.15, 0.2) is 0 Å².